The van der Waals surface area contributed by atoms with Crippen molar-refractivity contribution in [3.8, 4) is 6.07 Å². The third-order valence-electron chi connectivity index (χ3n) is 4.19. The highest BCUT2D eigenvalue weighted by Gasteiger charge is 2.39. The maximum absolute atomic E-state index is 13.0. The highest BCUT2D eigenvalue weighted by Crippen LogP contribution is 2.37. The number of aromatic nitrogens is 2. The molecule has 156 valence electrons. The Morgan fingerprint density at radius 2 is 1.93 bits per heavy atom. The number of halogens is 4. The number of carbonyl (C=O) groups excluding carboxylic acids is 2. The van der Waals surface area contributed by atoms with Gasteiger partial charge in [-0.1, -0.05) is 11.6 Å². The lowest BCUT2D eigenvalue weighted by molar-refractivity contribution is -0.141. The highest BCUT2D eigenvalue weighted by atomic mass is 35.5. The van der Waals surface area contributed by atoms with Gasteiger partial charge < -0.3 is 10.2 Å². The molecule has 2 aromatic rings. The van der Waals surface area contributed by atoms with E-state index < -0.39 is 28.8 Å². The molecule has 0 unspecified atom stereocenters. The van der Waals surface area contributed by atoms with Gasteiger partial charge >= 0.3 is 6.18 Å². The van der Waals surface area contributed by atoms with Crippen LogP contribution in [-0.4, -0.2) is 40.6 Å². The predicted octanol–water partition coefficient (Wildman–Crippen LogP) is 4.01. The van der Waals surface area contributed by atoms with Crippen LogP contribution >= 0.6 is 22.9 Å². The summed E-state index contributed by atoms with van der Waals surface area (Å²) in [6, 6.07) is 0.792. The molecule has 2 heterocycles. The van der Waals surface area contributed by atoms with Crippen LogP contribution in [0.3, 0.4) is 0 Å². The fourth-order valence-corrected chi connectivity index (χ4v) is 3.94. The normalized spacial score (nSPS) is 12.4. The molecule has 0 bridgehead atoms. The van der Waals surface area contributed by atoms with Crippen LogP contribution in [0.1, 0.15) is 45.2 Å². The zero-order valence-corrected chi connectivity index (χ0v) is 17.7. The Balaban J connectivity index is 2.38. The monoisotopic (exact) mass is 447 g/mol. The van der Waals surface area contributed by atoms with E-state index in [0.717, 1.165) is 16.0 Å². The summed E-state index contributed by atoms with van der Waals surface area (Å²) in [5, 5.41) is 14.9. The molecule has 7 nitrogen and oxygen atoms in total. The summed E-state index contributed by atoms with van der Waals surface area (Å²) in [4.78, 5) is 26.5. The third-order valence-corrected chi connectivity index (χ3v) is 5.84. The molecule has 0 saturated heterocycles. The lowest BCUT2D eigenvalue weighted by Gasteiger charge is -2.14. The third kappa shape index (κ3) is 4.23. The quantitative estimate of drug-likeness (QED) is 0.766. The van der Waals surface area contributed by atoms with Gasteiger partial charge in [0.2, 0.25) is 5.91 Å². The van der Waals surface area contributed by atoms with Crippen molar-refractivity contribution in [2.75, 3.05) is 19.4 Å². The minimum atomic E-state index is -4.76. The van der Waals surface area contributed by atoms with Crippen molar-refractivity contribution in [3.05, 3.63) is 32.4 Å². The van der Waals surface area contributed by atoms with Crippen LogP contribution < -0.4 is 5.32 Å². The highest BCUT2D eigenvalue weighted by molar-refractivity contribution is 7.18. The molecule has 0 saturated carbocycles. The summed E-state index contributed by atoms with van der Waals surface area (Å²) >= 11 is 6.65. The molecule has 2 rings (SSSR count). The number of anilines is 1. The van der Waals surface area contributed by atoms with E-state index in [1.807, 2.05) is 6.07 Å². The van der Waals surface area contributed by atoms with Crippen LogP contribution in [0, 0.1) is 25.2 Å². The molecule has 2 aromatic heterocycles. The van der Waals surface area contributed by atoms with Crippen molar-refractivity contribution in [1.29, 1.82) is 5.26 Å². The second-order valence-electron chi connectivity index (χ2n) is 6.43. The van der Waals surface area contributed by atoms with E-state index in [1.54, 1.807) is 21.0 Å². The first kappa shape index (κ1) is 22.7. The zero-order chi connectivity index (χ0) is 22.3. The molecule has 0 radical (unpaired) electrons. The van der Waals surface area contributed by atoms with Gasteiger partial charge in [0.15, 0.2) is 5.69 Å². The fourth-order valence-electron chi connectivity index (χ4n) is 2.53. The summed E-state index contributed by atoms with van der Waals surface area (Å²) in [6.45, 7) is 4.25. The van der Waals surface area contributed by atoms with Gasteiger partial charge in [0.05, 0.1) is 21.2 Å². The first-order valence-electron chi connectivity index (χ1n) is 8.19. The topological polar surface area (TPSA) is 91.0 Å². The van der Waals surface area contributed by atoms with Gasteiger partial charge in [-0.3, -0.25) is 14.3 Å². The molecule has 2 amide bonds. The molecule has 29 heavy (non-hydrogen) atoms. The van der Waals surface area contributed by atoms with Gasteiger partial charge in [-0.15, -0.1) is 11.3 Å². The summed E-state index contributed by atoms with van der Waals surface area (Å²) in [6.07, 6.45) is -4.76. The maximum atomic E-state index is 13.0. The van der Waals surface area contributed by atoms with Crippen LogP contribution in [-0.2, 0) is 11.0 Å². The number of nitrogens with zero attached hydrogens (tertiary/aromatic N) is 4. The first-order chi connectivity index (χ1) is 13.3. The minimum Gasteiger partial charge on any atom is -0.344 e. The Labute approximate surface area is 173 Å². The molecule has 0 aromatic carbocycles. The molecular weight excluding hydrogens is 431 g/mol. The molecule has 1 atom stereocenters. The lowest BCUT2D eigenvalue weighted by Crippen LogP contribution is -2.25. The molecule has 0 fully saturated rings. The van der Waals surface area contributed by atoms with Crippen molar-refractivity contribution >= 4 is 39.8 Å². The largest absolute Gasteiger partial charge is 0.436 e. The predicted molar refractivity (Wildman–Crippen MR) is 102 cm³/mol. The standard InChI is InChI=1S/C17H17ClF3N5O2S/c1-7-10(6-22)15(29-12(7)16(28)25(4)5)23-14(27)9(3)26-8(2)11(18)13(24-26)17(19,20)21/h9H,1-5H3,(H,23,27)/t9-/m0/s1. The average Bonchev–Trinajstić information content (AvgIpc) is 3.10. The van der Waals surface area contributed by atoms with Gasteiger partial charge in [0, 0.05) is 14.1 Å². The van der Waals surface area contributed by atoms with E-state index >= 15 is 0 Å². The number of alkyl halides is 3. The Hall–Kier alpha value is -2.58. The number of amides is 2. The number of carbonyl (C=O) groups is 2. The molecule has 0 aliphatic heterocycles. The number of nitriles is 1. The molecule has 0 aliphatic carbocycles. The second kappa shape index (κ2) is 8.04. The van der Waals surface area contributed by atoms with E-state index in [0.29, 0.717) is 5.56 Å². The molecular formula is C17H17ClF3N5O2S. The first-order valence-corrected chi connectivity index (χ1v) is 9.38. The summed E-state index contributed by atoms with van der Waals surface area (Å²) < 4.78 is 39.9. The van der Waals surface area contributed by atoms with E-state index in [2.05, 4.69) is 10.4 Å². The molecule has 0 spiro atoms. The van der Waals surface area contributed by atoms with Gasteiger partial charge in [-0.05, 0) is 26.3 Å². The van der Waals surface area contributed by atoms with Crippen molar-refractivity contribution in [1.82, 2.24) is 14.7 Å². The SMILES string of the molecule is Cc1c(C(=O)N(C)C)sc(NC(=O)[C@H](C)n2nc(C(F)(F)F)c(Cl)c2C)c1C#N. The van der Waals surface area contributed by atoms with Crippen LogP contribution in [0.15, 0.2) is 0 Å². The smallest absolute Gasteiger partial charge is 0.344 e. The van der Waals surface area contributed by atoms with Crippen LogP contribution in [0.5, 0.6) is 0 Å². The summed E-state index contributed by atoms with van der Waals surface area (Å²) in [5.74, 6) is -1.04. The summed E-state index contributed by atoms with van der Waals surface area (Å²) in [7, 11) is 3.10. The van der Waals surface area contributed by atoms with Crippen molar-refractivity contribution < 1.29 is 22.8 Å². The number of hydrogen-bond donors (Lipinski definition) is 1. The van der Waals surface area contributed by atoms with Crippen molar-refractivity contribution in [3.63, 3.8) is 0 Å². The van der Waals surface area contributed by atoms with Crippen LogP contribution in [0.4, 0.5) is 18.2 Å². The van der Waals surface area contributed by atoms with Crippen LogP contribution in [0.2, 0.25) is 5.02 Å². The number of thiophene rings is 1. The Bertz CT molecular complexity index is 1020. The van der Waals surface area contributed by atoms with Gasteiger partial charge in [0.25, 0.3) is 5.91 Å². The fraction of sp³-hybridized carbons (Fsp3) is 0.412. The van der Waals surface area contributed by atoms with Crippen molar-refractivity contribution in [2.24, 2.45) is 0 Å². The number of rotatable bonds is 4. The maximum Gasteiger partial charge on any atom is 0.436 e. The van der Waals surface area contributed by atoms with Crippen LogP contribution in [0.25, 0.3) is 0 Å². The van der Waals surface area contributed by atoms with Gasteiger partial charge in [-0.25, -0.2) is 0 Å². The Morgan fingerprint density at radius 3 is 2.38 bits per heavy atom. The van der Waals surface area contributed by atoms with E-state index in [9.17, 15) is 28.0 Å². The van der Waals surface area contributed by atoms with Gasteiger partial charge in [-0.2, -0.15) is 23.5 Å². The lowest BCUT2D eigenvalue weighted by atomic mass is 10.1. The summed E-state index contributed by atoms with van der Waals surface area (Å²) in [5.41, 5.74) is -0.767. The molecule has 0 aliphatic rings. The second-order valence-corrected chi connectivity index (χ2v) is 7.83. The minimum absolute atomic E-state index is 0.0204. The Morgan fingerprint density at radius 1 is 1.34 bits per heavy atom. The molecule has 12 heteroatoms. The average molecular weight is 448 g/mol. The number of nitrogens with one attached hydrogen (secondary N) is 1. The van der Waals surface area contributed by atoms with E-state index in [1.165, 1.54) is 18.7 Å². The zero-order valence-electron chi connectivity index (χ0n) is 16.1. The number of hydrogen-bond acceptors (Lipinski definition) is 5. The Kier molecular flexibility index (Phi) is 6.30. The van der Waals surface area contributed by atoms with Gasteiger partial charge in [0.1, 0.15) is 17.1 Å². The van der Waals surface area contributed by atoms with E-state index in [-0.39, 0.29) is 27.0 Å². The molecule has 1 N–H and O–H groups in total. The van der Waals surface area contributed by atoms with E-state index in [4.69, 9.17) is 11.6 Å². The van der Waals surface area contributed by atoms with Crippen molar-refractivity contribution in [2.45, 2.75) is 33.0 Å².